The number of nitrogens with zero attached hydrogens (tertiary/aromatic N) is 1. The van der Waals surface area contributed by atoms with Crippen molar-refractivity contribution in [2.24, 2.45) is 0 Å². The molecule has 2 amide bonds. The average Bonchev–Trinajstić information content (AvgIpc) is 2.81. The minimum Gasteiger partial charge on any atom is -0.480 e. The van der Waals surface area contributed by atoms with E-state index in [1.807, 2.05) is 12.3 Å². The Kier molecular flexibility index (Phi) is 5.94. The van der Waals surface area contributed by atoms with Gasteiger partial charge in [-0.1, -0.05) is 13.8 Å². The maximum absolute atomic E-state index is 11.8. The predicted octanol–water partition coefficient (Wildman–Crippen LogP) is 1.94. The van der Waals surface area contributed by atoms with Gasteiger partial charge in [0, 0.05) is 24.0 Å². The molecule has 3 N–H and O–H groups in total. The number of amides is 2. The molecule has 1 aromatic rings. The molecule has 1 rings (SSSR count). The molecule has 0 atom stereocenters. The highest BCUT2D eigenvalue weighted by atomic mass is 32.1. The minimum atomic E-state index is -1.19. The molecule has 0 spiro atoms. The lowest BCUT2D eigenvalue weighted by Gasteiger charge is -2.28. The number of carboxylic acids is 1. The number of carbonyl (C=O) groups excluding carboxylic acids is 1. The molecule has 0 saturated carbocycles. The number of rotatable bonds is 7. The fourth-order valence-corrected chi connectivity index (χ4v) is 2.62. The molecule has 0 aliphatic carbocycles. The summed E-state index contributed by atoms with van der Waals surface area (Å²) in [6, 6.07) is -0.454. The third kappa shape index (κ3) is 4.19. The zero-order valence-corrected chi connectivity index (χ0v) is 12.8. The molecule has 1 aromatic heterocycles. The molecule has 6 nitrogen and oxygen atoms in total. The molecule has 0 radical (unpaired) electrons. The molecule has 0 unspecified atom stereocenters. The maximum atomic E-state index is 11.8. The third-order valence-corrected chi connectivity index (χ3v) is 4.29. The summed E-state index contributed by atoms with van der Waals surface area (Å²) in [6.45, 7) is 5.85. The molecule has 112 valence electrons. The number of hydrogen-bond acceptors (Lipinski definition) is 4. The Balaban J connectivity index is 2.44. The van der Waals surface area contributed by atoms with Gasteiger partial charge in [0.15, 0.2) is 0 Å². The summed E-state index contributed by atoms with van der Waals surface area (Å²) in [4.78, 5) is 27.3. The molecule has 7 heteroatoms. The Bertz CT molecular complexity index is 469. The number of nitrogens with one attached hydrogen (secondary N) is 2. The molecule has 0 saturated heterocycles. The third-order valence-electron chi connectivity index (χ3n) is 3.26. The van der Waals surface area contributed by atoms with Crippen molar-refractivity contribution in [3.05, 3.63) is 16.1 Å². The highest BCUT2D eigenvalue weighted by molar-refractivity contribution is 7.09. The Labute approximate surface area is 122 Å². The molecule has 1 heterocycles. The lowest BCUT2D eigenvalue weighted by atomic mass is 9.93. The van der Waals surface area contributed by atoms with Gasteiger partial charge in [0.2, 0.25) is 0 Å². The van der Waals surface area contributed by atoms with Gasteiger partial charge in [-0.25, -0.2) is 14.6 Å². The van der Waals surface area contributed by atoms with E-state index in [0.717, 1.165) is 10.7 Å². The molecule has 0 aromatic carbocycles. The Morgan fingerprint density at radius 1 is 1.40 bits per heavy atom. The van der Waals surface area contributed by atoms with Crippen LogP contribution in [-0.4, -0.2) is 34.2 Å². The van der Waals surface area contributed by atoms with Gasteiger partial charge in [0.25, 0.3) is 0 Å². The number of thiazole rings is 1. The quantitative estimate of drug-likeness (QED) is 0.717. The summed E-state index contributed by atoms with van der Waals surface area (Å²) in [6.07, 6.45) is 1.33. The van der Waals surface area contributed by atoms with Crippen molar-refractivity contribution in [3.8, 4) is 0 Å². The van der Waals surface area contributed by atoms with Crippen LogP contribution in [0.3, 0.4) is 0 Å². The second kappa shape index (κ2) is 7.23. The van der Waals surface area contributed by atoms with Crippen LogP contribution in [0, 0.1) is 6.92 Å². The first kappa shape index (κ1) is 16.4. The van der Waals surface area contributed by atoms with Crippen molar-refractivity contribution in [3.63, 3.8) is 0 Å². The summed E-state index contributed by atoms with van der Waals surface area (Å²) in [5.41, 5.74) is -0.224. The summed E-state index contributed by atoms with van der Waals surface area (Å²) < 4.78 is 0. The fourth-order valence-electron chi connectivity index (χ4n) is 1.84. The van der Waals surface area contributed by atoms with E-state index in [2.05, 4.69) is 15.6 Å². The number of carboxylic acid groups (broad SMARTS) is 1. The largest absolute Gasteiger partial charge is 0.480 e. The first-order chi connectivity index (χ1) is 9.43. The van der Waals surface area contributed by atoms with Gasteiger partial charge < -0.3 is 15.7 Å². The molecular formula is C13H21N3O3S. The second-order valence-corrected chi connectivity index (χ2v) is 5.55. The van der Waals surface area contributed by atoms with E-state index in [-0.39, 0.29) is 0 Å². The first-order valence-corrected chi connectivity index (χ1v) is 7.52. The van der Waals surface area contributed by atoms with Gasteiger partial charge in [0.05, 0.1) is 5.01 Å². The molecule has 0 aliphatic rings. The number of carbonyl (C=O) groups is 2. The van der Waals surface area contributed by atoms with Crippen molar-refractivity contribution in [2.75, 3.05) is 6.54 Å². The van der Waals surface area contributed by atoms with Gasteiger partial charge in [-0.15, -0.1) is 11.3 Å². The van der Waals surface area contributed by atoms with E-state index in [9.17, 15) is 14.7 Å². The Hall–Kier alpha value is -1.63. The van der Waals surface area contributed by atoms with Crippen molar-refractivity contribution < 1.29 is 14.7 Å². The average molecular weight is 299 g/mol. The monoisotopic (exact) mass is 299 g/mol. The van der Waals surface area contributed by atoms with Gasteiger partial charge >= 0.3 is 12.0 Å². The van der Waals surface area contributed by atoms with E-state index in [0.29, 0.717) is 25.8 Å². The maximum Gasteiger partial charge on any atom is 0.329 e. The summed E-state index contributed by atoms with van der Waals surface area (Å²) in [7, 11) is 0. The van der Waals surface area contributed by atoms with E-state index >= 15 is 0 Å². The molecule has 0 bridgehead atoms. The van der Waals surface area contributed by atoms with E-state index in [1.54, 1.807) is 25.2 Å². The van der Waals surface area contributed by atoms with Crippen LogP contribution in [0.5, 0.6) is 0 Å². The topological polar surface area (TPSA) is 91.3 Å². The van der Waals surface area contributed by atoms with Gasteiger partial charge in [-0.05, 0) is 19.8 Å². The zero-order chi connectivity index (χ0) is 15.2. The minimum absolute atomic E-state index is 0.345. The van der Waals surface area contributed by atoms with Crippen molar-refractivity contribution in [2.45, 2.75) is 45.6 Å². The smallest absolute Gasteiger partial charge is 0.329 e. The van der Waals surface area contributed by atoms with Crippen molar-refractivity contribution in [1.82, 2.24) is 15.6 Å². The summed E-state index contributed by atoms with van der Waals surface area (Å²) in [5, 5.41) is 17.4. The molecule has 20 heavy (non-hydrogen) atoms. The van der Waals surface area contributed by atoms with Crippen LogP contribution >= 0.6 is 11.3 Å². The Morgan fingerprint density at radius 2 is 2.05 bits per heavy atom. The predicted molar refractivity (Wildman–Crippen MR) is 78.0 cm³/mol. The normalized spacial score (nSPS) is 11.2. The van der Waals surface area contributed by atoms with Crippen LogP contribution in [0.1, 0.15) is 37.4 Å². The number of urea groups is 1. The van der Waals surface area contributed by atoms with Crippen LogP contribution in [0.2, 0.25) is 0 Å². The van der Waals surface area contributed by atoms with Gasteiger partial charge in [-0.2, -0.15) is 0 Å². The van der Waals surface area contributed by atoms with Crippen LogP contribution < -0.4 is 10.6 Å². The summed E-state index contributed by atoms with van der Waals surface area (Å²) in [5.74, 6) is -1.01. The second-order valence-electron chi connectivity index (χ2n) is 4.61. The molecular weight excluding hydrogens is 278 g/mol. The summed E-state index contributed by atoms with van der Waals surface area (Å²) >= 11 is 1.55. The molecule has 0 fully saturated rings. The van der Waals surface area contributed by atoms with Crippen LogP contribution in [0.25, 0.3) is 0 Å². The lowest BCUT2D eigenvalue weighted by Crippen LogP contribution is -2.56. The SMILES string of the molecule is CCC(CC)(NC(=O)NCCc1nc(C)cs1)C(=O)O. The zero-order valence-electron chi connectivity index (χ0n) is 12.0. The van der Waals surface area contributed by atoms with Gasteiger partial charge in [0.1, 0.15) is 5.54 Å². The number of hydrogen-bond donors (Lipinski definition) is 3. The molecule has 0 aliphatic heterocycles. The van der Waals surface area contributed by atoms with Gasteiger partial charge in [-0.3, -0.25) is 0 Å². The highest BCUT2D eigenvalue weighted by Crippen LogP contribution is 2.15. The standard InChI is InChI=1S/C13H21N3O3S/c1-4-13(5-2,11(17)18)16-12(19)14-7-6-10-15-9(3)8-20-10/h8H,4-7H2,1-3H3,(H,17,18)(H2,14,16,19). The number of aryl methyl sites for hydroxylation is 1. The highest BCUT2D eigenvalue weighted by Gasteiger charge is 2.36. The number of aromatic nitrogens is 1. The van der Waals surface area contributed by atoms with Crippen molar-refractivity contribution in [1.29, 1.82) is 0 Å². The fraction of sp³-hybridized carbons (Fsp3) is 0.615. The van der Waals surface area contributed by atoms with E-state index < -0.39 is 17.5 Å². The van der Waals surface area contributed by atoms with Crippen LogP contribution in [0.15, 0.2) is 5.38 Å². The lowest BCUT2D eigenvalue weighted by molar-refractivity contribution is -0.144. The Morgan fingerprint density at radius 3 is 2.50 bits per heavy atom. The van der Waals surface area contributed by atoms with Crippen molar-refractivity contribution >= 4 is 23.3 Å². The van der Waals surface area contributed by atoms with Crippen LogP contribution in [-0.2, 0) is 11.2 Å². The van der Waals surface area contributed by atoms with Crippen LogP contribution in [0.4, 0.5) is 4.79 Å². The van der Waals surface area contributed by atoms with E-state index in [4.69, 9.17) is 0 Å². The first-order valence-electron chi connectivity index (χ1n) is 6.64. The van der Waals surface area contributed by atoms with E-state index in [1.165, 1.54) is 0 Å². The number of aliphatic carboxylic acids is 1.